The highest BCUT2D eigenvalue weighted by atomic mass is 35.5. The van der Waals surface area contributed by atoms with Gasteiger partial charge in [0.05, 0.1) is 9.72 Å². The molecule has 0 fully saturated rings. The Hall–Kier alpha value is -1.06. The van der Waals surface area contributed by atoms with E-state index in [1.807, 2.05) is 12.1 Å². The van der Waals surface area contributed by atoms with Gasteiger partial charge in [-0.15, -0.1) is 11.3 Å². The molecule has 1 aliphatic rings. The first-order valence-electron chi connectivity index (χ1n) is 6.05. The van der Waals surface area contributed by atoms with Crippen LogP contribution < -0.4 is 0 Å². The van der Waals surface area contributed by atoms with Crippen LogP contribution in [-0.4, -0.2) is 11.1 Å². The van der Waals surface area contributed by atoms with Gasteiger partial charge in [-0.25, -0.2) is 0 Å². The van der Waals surface area contributed by atoms with E-state index >= 15 is 0 Å². The number of hydrogen-bond acceptors (Lipinski definition) is 2. The van der Waals surface area contributed by atoms with Crippen LogP contribution in [0, 0.1) is 5.92 Å². The average Bonchev–Trinajstić information content (AvgIpc) is 2.67. The van der Waals surface area contributed by atoms with E-state index in [4.69, 9.17) is 16.7 Å². The summed E-state index contributed by atoms with van der Waals surface area (Å²) in [5.41, 5.74) is 1.39. The number of carboxylic acids is 1. The molecule has 3 rings (SSSR count). The van der Waals surface area contributed by atoms with E-state index in [9.17, 15) is 4.79 Å². The molecule has 1 heterocycles. The second kappa shape index (κ2) is 4.56. The van der Waals surface area contributed by atoms with Gasteiger partial charge in [-0.3, -0.25) is 4.79 Å². The zero-order valence-electron chi connectivity index (χ0n) is 9.78. The third-order valence-electron chi connectivity index (χ3n) is 3.59. The van der Waals surface area contributed by atoms with Crippen LogP contribution >= 0.6 is 22.9 Å². The number of aryl methyl sites for hydroxylation is 1. The number of hydrogen-bond donors (Lipinski definition) is 1. The van der Waals surface area contributed by atoms with E-state index in [0.717, 1.165) is 29.0 Å². The molecule has 1 aromatic carbocycles. The number of benzene rings is 1. The Bertz CT molecular complexity index is 618. The Morgan fingerprint density at radius 2 is 2.33 bits per heavy atom. The van der Waals surface area contributed by atoms with E-state index in [1.54, 1.807) is 11.3 Å². The summed E-state index contributed by atoms with van der Waals surface area (Å²) in [7, 11) is 0. The summed E-state index contributed by atoms with van der Waals surface area (Å²) in [4.78, 5) is 12.1. The van der Waals surface area contributed by atoms with Gasteiger partial charge in [-0.1, -0.05) is 23.7 Å². The topological polar surface area (TPSA) is 37.3 Å². The van der Waals surface area contributed by atoms with Crippen molar-refractivity contribution in [2.45, 2.75) is 25.7 Å². The summed E-state index contributed by atoms with van der Waals surface area (Å²) in [6.45, 7) is 0. The molecule has 0 radical (unpaired) electrons. The number of carboxylic acid groups (broad SMARTS) is 1. The van der Waals surface area contributed by atoms with E-state index in [-0.39, 0.29) is 12.3 Å². The molecule has 94 valence electrons. The van der Waals surface area contributed by atoms with Crippen molar-refractivity contribution in [1.82, 2.24) is 0 Å². The normalized spacial score (nSPS) is 18.8. The summed E-state index contributed by atoms with van der Waals surface area (Å²) < 4.78 is 1.15. The first-order chi connectivity index (χ1) is 8.65. The Morgan fingerprint density at radius 1 is 1.50 bits per heavy atom. The zero-order valence-corrected chi connectivity index (χ0v) is 11.4. The molecule has 0 spiro atoms. The highest BCUT2D eigenvalue weighted by Gasteiger charge is 2.24. The first-order valence-corrected chi connectivity index (χ1v) is 7.25. The lowest BCUT2D eigenvalue weighted by atomic mass is 9.86. The fourth-order valence-corrected chi connectivity index (χ4v) is 4.42. The molecule has 0 saturated carbocycles. The molecule has 1 atom stereocenters. The SMILES string of the molecule is O=C(O)CC1CCc2c(sc3c(Cl)cccc23)C1. The van der Waals surface area contributed by atoms with Crippen LogP contribution in [0.15, 0.2) is 18.2 Å². The minimum Gasteiger partial charge on any atom is -0.481 e. The Kier molecular flexibility index (Phi) is 3.04. The number of thiophene rings is 1. The quantitative estimate of drug-likeness (QED) is 0.898. The summed E-state index contributed by atoms with van der Waals surface area (Å²) >= 11 is 7.95. The van der Waals surface area contributed by atoms with Gasteiger partial charge in [0.25, 0.3) is 0 Å². The summed E-state index contributed by atoms with van der Waals surface area (Å²) in [5.74, 6) is -0.413. The molecule has 18 heavy (non-hydrogen) atoms. The summed E-state index contributed by atoms with van der Waals surface area (Å²) in [5, 5.41) is 10.9. The van der Waals surface area contributed by atoms with Gasteiger partial charge >= 0.3 is 5.97 Å². The van der Waals surface area contributed by atoms with Crippen molar-refractivity contribution >= 4 is 39.0 Å². The number of rotatable bonds is 2. The molecule has 0 saturated heterocycles. The van der Waals surface area contributed by atoms with Crippen LogP contribution in [0.4, 0.5) is 0 Å². The van der Waals surface area contributed by atoms with Gasteiger partial charge in [-0.2, -0.15) is 0 Å². The van der Waals surface area contributed by atoms with E-state index in [0.29, 0.717) is 0 Å². The van der Waals surface area contributed by atoms with Crippen LogP contribution in [0.3, 0.4) is 0 Å². The standard InChI is InChI=1S/C14H13ClO2S/c15-11-3-1-2-10-9-5-4-8(7-13(16)17)6-12(9)18-14(10)11/h1-3,8H,4-7H2,(H,16,17). The lowest BCUT2D eigenvalue weighted by Gasteiger charge is -2.20. The molecule has 4 heteroatoms. The van der Waals surface area contributed by atoms with Crippen molar-refractivity contribution < 1.29 is 9.90 Å². The van der Waals surface area contributed by atoms with E-state index in [1.165, 1.54) is 15.8 Å². The maximum absolute atomic E-state index is 10.8. The second-order valence-corrected chi connectivity index (χ2v) is 6.34. The highest BCUT2D eigenvalue weighted by Crippen LogP contribution is 2.41. The fraction of sp³-hybridized carbons (Fsp3) is 0.357. The predicted octanol–water partition coefficient (Wildman–Crippen LogP) is 4.13. The maximum Gasteiger partial charge on any atom is 0.303 e. The molecule has 0 aliphatic heterocycles. The predicted molar refractivity (Wildman–Crippen MR) is 74.6 cm³/mol. The highest BCUT2D eigenvalue weighted by molar-refractivity contribution is 7.20. The van der Waals surface area contributed by atoms with Crippen molar-refractivity contribution in [3.63, 3.8) is 0 Å². The number of aliphatic carboxylic acids is 1. The van der Waals surface area contributed by atoms with Crippen molar-refractivity contribution in [3.8, 4) is 0 Å². The third kappa shape index (κ3) is 2.02. The molecular formula is C14H13ClO2S. The molecule has 1 aromatic heterocycles. The van der Waals surface area contributed by atoms with Crippen molar-refractivity contribution in [1.29, 1.82) is 0 Å². The van der Waals surface area contributed by atoms with Crippen molar-refractivity contribution in [3.05, 3.63) is 33.7 Å². The van der Waals surface area contributed by atoms with Gasteiger partial charge in [0, 0.05) is 11.3 Å². The Labute approximate surface area is 114 Å². The van der Waals surface area contributed by atoms with E-state index < -0.39 is 5.97 Å². The molecule has 1 N–H and O–H groups in total. The summed E-state index contributed by atoms with van der Waals surface area (Å²) in [6.07, 6.45) is 3.12. The monoisotopic (exact) mass is 280 g/mol. The van der Waals surface area contributed by atoms with E-state index in [2.05, 4.69) is 6.07 Å². The molecule has 0 amide bonds. The van der Waals surface area contributed by atoms with Crippen molar-refractivity contribution in [2.24, 2.45) is 5.92 Å². The van der Waals surface area contributed by atoms with Crippen LogP contribution in [-0.2, 0) is 17.6 Å². The average molecular weight is 281 g/mol. The number of carbonyl (C=O) groups is 1. The molecule has 1 unspecified atom stereocenters. The smallest absolute Gasteiger partial charge is 0.303 e. The van der Waals surface area contributed by atoms with Crippen LogP contribution in [0.5, 0.6) is 0 Å². The van der Waals surface area contributed by atoms with Crippen LogP contribution in [0.1, 0.15) is 23.3 Å². The molecule has 1 aliphatic carbocycles. The Balaban J connectivity index is 1.99. The van der Waals surface area contributed by atoms with Crippen molar-refractivity contribution in [2.75, 3.05) is 0 Å². The zero-order chi connectivity index (χ0) is 12.7. The van der Waals surface area contributed by atoms with Gasteiger partial charge in [0.1, 0.15) is 0 Å². The minimum atomic E-state index is -0.692. The van der Waals surface area contributed by atoms with Crippen LogP contribution in [0.2, 0.25) is 5.02 Å². The summed E-state index contributed by atoms with van der Waals surface area (Å²) in [6, 6.07) is 6.02. The van der Waals surface area contributed by atoms with Gasteiger partial charge in [0.2, 0.25) is 0 Å². The van der Waals surface area contributed by atoms with Gasteiger partial charge < -0.3 is 5.11 Å². The molecule has 2 nitrogen and oxygen atoms in total. The largest absolute Gasteiger partial charge is 0.481 e. The number of halogens is 1. The maximum atomic E-state index is 10.8. The number of fused-ring (bicyclic) bond motifs is 3. The minimum absolute atomic E-state index is 0.279. The fourth-order valence-electron chi connectivity index (χ4n) is 2.76. The molecule has 0 bridgehead atoms. The lowest BCUT2D eigenvalue weighted by Crippen LogP contribution is -2.16. The van der Waals surface area contributed by atoms with Crippen LogP contribution in [0.25, 0.3) is 10.1 Å². The van der Waals surface area contributed by atoms with Gasteiger partial charge in [0.15, 0.2) is 0 Å². The second-order valence-electron chi connectivity index (χ2n) is 4.83. The molecular weight excluding hydrogens is 268 g/mol. The lowest BCUT2D eigenvalue weighted by molar-refractivity contribution is -0.138. The van der Waals surface area contributed by atoms with Gasteiger partial charge in [-0.05, 0) is 42.2 Å². The first kappa shape index (κ1) is 12.0. The molecule has 2 aromatic rings. The third-order valence-corrected chi connectivity index (χ3v) is 5.32. The Morgan fingerprint density at radius 3 is 3.11 bits per heavy atom.